The standard InChI is InChI=1S/C7H9BrN2O/c8-7-3-1-6(2-4-7)5-9-10-11/h1-4,9-11H,5H2. The molecule has 1 aromatic rings. The highest BCUT2D eigenvalue weighted by Crippen LogP contribution is 2.09. The second-order valence-electron chi connectivity index (χ2n) is 2.09. The molecule has 0 aliphatic carbocycles. The summed E-state index contributed by atoms with van der Waals surface area (Å²) in [6.07, 6.45) is 0. The van der Waals surface area contributed by atoms with Gasteiger partial charge in [0.05, 0.1) is 0 Å². The molecule has 60 valence electrons. The van der Waals surface area contributed by atoms with E-state index in [4.69, 9.17) is 5.21 Å². The molecule has 0 fully saturated rings. The van der Waals surface area contributed by atoms with Crippen LogP contribution >= 0.6 is 15.9 Å². The average molecular weight is 217 g/mol. The monoisotopic (exact) mass is 216 g/mol. The molecule has 0 atom stereocenters. The van der Waals surface area contributed by atoms with E-state index in [-0.39, 0.29) is 0 Å². The predicted molar refractivity (Wildman–Crippen MR) is 45.9 cm³/mol. The zero-order valence-electron chi connectivity index (χ0n) is 5.84. The van der Waals surface area contributed by atoms with Gasteiger partial charge in [0, 0.05) is 11.0 Å². The Labute approximate surface area is 73.5 Å². The van der Waals surface area contributed by atoms with Crippen molar-refractivity contribution in [2.45, 2.75) is 6.54 Å². The van der Waals surface area contributed by atoms with Crippen molar-refractivity contribution < 1.29 is 5.21 Å². The molecule has 0 saturated heterocycles. The second-order valence-corrected chi connectivity index (χ2v) is 3.01. The highest BCUT2D eigenvalue weighted by atomic mass is 79.9. The van der Waals surface area contributed by atoms with Crippen LogP contribution in [0.2, 0.25) is 0 Å². The Balaban J connectivity index is 2.52. The number of hydrogen-bond acceptors (Lipinski definition) is 3. The third-order valence-electron chi connectivity index (χ3n) is 1.28. The molecule has 0 aliphatic heterocycles. The number of hydrogen-bond donors (Lipinski definition) is 3. The van der Waals surface area contributed by atoms with Crippen LogP contribution in [-0.2, 0) is 6.54 Å². The lowest BCUT2D eigenvalue weighted by atomic mass is 10.2. The van der Waals surface area contributed by atoms with Crippen LogP contribution in [0, 0.1) is 0 Å². The molecule has 0 radical (unpaired) electrons. The zero-order valence-corrected chi connectivity index (χ0v) is 7.43. The van der Waals surface area contributed by atoms with E-state index >= 15 is 0 Å². The third kappa shape index (κ3) is 2.98. The van der Waals surface area contributed by atoms with Crippen LogP contribution in [0.1, 0.15) is 5.56 Å². The molecule has 0 unspecified atom stereocenters. The Kier molecular flexibility index (Phi) is 3.51. The molecule has 0 spiro atoms. The first-order valence-corrected chi connectivity index (χ1v) is 3.98. The van der Waals surface area contributed by atoms with Gasteiger partial charge in [-0.2, -0.15) is 0 Å². The van der Waals surface area contributed by atoms with Gasteiger partial charge in [-0.3, -0.25) is 0 Å². The van der Waals surface area contributed by atoms with Gasteiger partial charge < -0.3 is 5.21 Å². The molecule has 0 amide bonds. The summed E-state index contributed by atoms with van der Waals surface area (Å²) in [6, 6.07) is 7.84. The first-order valence-electron chi connectivity index (χ1n) is 3.19. The summed E-state index contributed by atoms with van der Waals surface area (Å²) < 4.78 is 1.05. The number of benzene rings is 1. The smallest absolute Gasteiger partial charge is 0.0372 e. The minimum Gasteiger partial charge on any atom is -0.302 e. The van der Waals surface area contributed by atoms with E-state index in [0.29, 0.717) is 6.54 Å². The van der Waals surface area contributed by atoms with Crippen molar-refractivity contribution in [2.75, 3.05) is 0 Å². The SMILES string of the molecule is ONNCc1ccc(Br)cc1. The summed E-state index contributed by atoms with van der Waals surface area (Å²) in [4.78, 5) is 0. The van der Waals surface area contributed by atoms with Crippen molar-refractivity contribution in [3.63, 3.8) is 0 Å². The molecule has 1 rings (SSSR count). The van der Waals surface area contributed by atoms with Gasteiger partial charge >= 0.3 is 0 Å². The third-order valence-corrected chi connectivity index (χ3v) is 1.81. The minimum atomic E-state index is 0.601. The van der Waals surface area contributed by atoms with Gasteiger partial charge in [0.1, 0.15) is 0 Å². The quantitative estimate of drug-likeness (QED) is 0.671. The van der Waals surface area contributed by atoms with Gasteiger partial charge in [0.2, 0.25) is 0 Å². The van der Waals surface area contributed by atoms with Gasteiger partial charge in [-0.15, -0.1) is 5.59 Å². The number of rotatable bonds is 3. The van der Waals surface area contributed by atoms with Crippen LogP contribution in [0.3, 0.4) is 0 Å². The molecule has 0 aliphatic rings. The fraction of sp³-hybridized carbons (Fsp3) is 0.143. The van der Waals surface area contributed by atoms with Gasteiger partial charge in [0.15, 0.2) is 0 Å². The fourth-order valence-corrected chi connectivity index (χ4v) is 1.01. The minimum absolute atomic E-state index is 0.601. The van der Waals surface area contributed by atoms with Crippen LogP contribution in [0.25, 0.3) is 0 Å². The Bertz CT molecular complexity index is 212. The first kappa shape index (κ1) is 8.67. The molecule has 0 saturated carbocycles. The highest BCUT2D eigenvalue weighted by molar-refractivity contribution is 9.10. The average Bonchev–Trinajstić information content (AvgIpc) is 2.04. The van der Waals surface area contributed by atoms with E-state index in [1.807, 2.05) is 29.9 Å². The van der Waals surface area contributed by atoms with E-state index in [1.54, 1.807) is 0 Å². The van der Waals surface area contributed by atoms with Crippen molar-refractivity contribution >= 4 is 15.9 Å². The molecular weight excluding hydrogens is 208 g/mol. The van der Waals surface area contributed by atoms with Crippen molar-refractivity contribution in [1.29, 1.82) is 0 Å². The molecule has 4 heteroatoms. The topological polar surface area (TPSA) is 44.3 Å². The predicted octanol–water partition coefficient (Wildman–Crippen LogP) is 1.43. The van der Waals surface area contributed by atoms with Crippen LogP contribution in [0.5, 0.6) is 0 Å². The maximum absolute atomic E-state index is 8.21. The fourth-order valence-electron chi connectivity index (χ4n) is 0.744. The lowest BCUT2D eigenvalue weighted by molar-refractivity contribution is 0.118. The Hall–Kier alpha value is -0.420. The zero-order chi connectivity index (χ0) is 8.10. The van der Waals surface area contributed by atoms with E-state index < -0.39 is 0 Å². The van der Waals surface area contributed by atoms with Crippen LogP contribution in [-0.4, -0.2) is 5.21 Å². The Morgan fingerprint density at radius 3 is 2.45 bits per heavy atom. The number of halogens is 1. The van der Waals surface area contributed by atoms with Crippen molar-refractivity contribution in [2.24, 2.45) is 0 Å². The van der Waals surface area contributed by atoms with Gasteiger partial charge in [-0.1, -0.05) is 28.1 Å². The highest BCUT2D eigenvalue weighted by Gasteiger charge is 1.89. The van der Waals surface area contributed by atoms with Gasteiger partial charge in [0.25, 0.3) is 0 Å². The summed E-state index contributed by atoms with van der Waals surface area (Å²) in [7, 11) is 0. The molecular formula is C7H9BrN2O. The van der Waals surface area contributed by atoms with Gasteiger partial charge in [-0.05, 0) is 17.7 Å². The molecule has 0 aromatic heterocycles. The molecule has 3 N–H and O–H groups in total. The first-order chi connectivity index (χ1) is 5.33. The normalized spacial score (nSPS) is 10.0. The molecule has 0 heterocycles. The second kappa shape index (κ2) is 4.46. The van der Waals surface area contributed by atoms with Crippen LogP contribution < -0.4 is 11.0 Å². The lowest BCUT2D eigenvalue weighted by Crippen LogP contribution is -2.27. The number of nitrogens with one attached hydrogen (secondary N) is 2. The van der Waals surface area contributed by atoms with E-state index in [9.17, 15) is 0 Å². The van der Waals surface area contributed by atoms with Crippen LogP contribution in [0.15, 0.2) is 28.7 Å². The Morgan fingerprint density at radius 1 is 1.27 bits per heavy atom. The Morgan fingerprint density at radius 2 is 1.91 bits per heavy atom. The van der Waals surface area contributed by atoms with Crippen molar-refractivity contribution in [1.82, 2.24) is 11.0 Å². The summed E-state index contributed by atoms with van der Waals surface area (Å²) in [5.41, 5.74) is 5.55. The molecule has 0 bridgehead atoms. The summed E-state index contributed by atoms with van der Waals surface area (Å²) in [5, 5.41) is 8.21. The molecule has 3 nitrogen and oxygen atoms in total. The van der Waals surface area contributed by atoms with Crippen LogP contribution in [0.4, 0.5) is 0 Å². The maximum atomic E-state index is 8.21. The van der Waals surface area contributed by atoms with Gasteiger partial charge in [-0.25, -0.2) is 5.43 Å². The van der Waals surface area contributed by atoms with E-state index in [0.717, 1.165) is 10.0 Å². The maximum Gasteiger partial charge on any atom is 0.0372 e. The van der Waals surface area contributed by atoms with E-state index in [2.05, 4.69) is 21.4 Å². The summed E-state index contributed by atoms with van der Waals surface area (Å²) in [6.45, 7) is 0.601. The summed E-state index contributed by atoms with van der Waals surface area (Å²) >= 11 is 3.33. The number of hydrazine groups is 1. The molecule has 1 aromatic carbocycles. The van der Waals surface area contributed by atoms with E-state index in [1.165, 1.54) is 0 Å². The van der Waals surface area contributed by atoms with Crippen molar-refractivity contribution in [3.8, 4) is 0 Å². The largest absolute Gasteiger partial charge is 0.302 e. The van der Waals surface area contributed by atoms with Crippen molar-refractivity contribution in [3.05, 3.63) is 34.3 Å². The lowest BCUT2D eigenvalue weighted by Gasteiger charge is -2.00. The molecule has 11 heavy (non-hydrogen) atoms. The summed E-state index contributed by atoms with van der Waals surface area (Å²) in [5.74, 6) is 0.